The molecule has 5 nitrogen and oxygen atoms in total. The number of hydrogen-bond donors (Lipinski definition) is 1. The molecular formula is C14H15ClN4O. The Labute approximate surface area is 122 Å². The molecule has 0 aliphatic heterocycles. The molecule has 104 valence electrons. The molecule has 2 rings (SSSR count). The molecule has 2 aromatic rings. The van der Waals surface area contributed by atoms with Crippen LogP contribution in [0.1, 0.15) is 11.4 Å². The van der Waals surface area contributed by atoms with E-state index < -0.39 is 0 Å². The number of benzene rings is 1. The second kappa shape index (κ2) is 7.06. The van der Waals surface area contributed by atoms with E-state index in [-0.39, 0.29) is 0 Å². The first-order valence-corrected chi connectivity index (χ1v) is 6.56. The second-order valence-corrected chi connectivity index (χ2v) is 4.60. The SMILES string of the molecule is COCCNCc1ccc(-n2ccnc2C#N)c(Cl)c1. The van der Waals surface area contributed by atoms with Crippen molar-refractivity contribution in [3.63, 3.8) is 0 Å². The van der Waals surface area contributed by atoms with Gasteiger partial charge < -0.3 is 10.1 Å². The number of nitriles is 1. The van der Waals surface area contributed by atoms with Crippen molar-refractivity contribution in [3.05, 3.63) is 47.0 Å². The zero-order valence-corrected chi connectivity index (χ0v) is 11.9. The number of aromatic nitrogens is 2. The summed E-state index contributed by atoms with van der Waals surface area (Å²) in [5.41, 5.74) is 1.83. The molecule has 0 unspecified atom stereocenters. The van der Waals surface area contributed by atoms with E-state index in [1.807, 2.05) is 24.3 Å². The third-order valence-electron chi connectivity index (χ3n) is 2.82. The number of methoxy groups -OCH3 is 1. The lowest BCUT2D eigenvalue weighted by Gasteiger charge is -2.09. The summed E-state index contributed by atoms with van der Waals surface area (Å²) in [6.45, 7) is 2.18. The van der Waals surface area contributed by atoms with E-state index in [0.717, 1.165) is 24.3 Å². The minimum absolute atomic E-state index is 0.317. The molecular weight excluding hydrogens is 276 g/mol. The molecule has 20 heavy (non-hydrogen) atoms. The van der Waals surface area contributed by atoms with Gasteiger partial charge in [-0.3, -0.25) is 4.57 Å². The van der Waals surface area contributed by atoms with Crippen molar-refractivity contribution in [1.82, 2.24) is 14.9 Å². The molecule has 0 radical (unpaired) electrons. The van der Waals surface area contributed by atoms with Crippen LogP contribution in [0, 0.1) is 11.3 Å². The fourth-order valence-corrected chi connectivity index (χ4v) is 2.14. The molecule has 1 N–H and O–H groups in total. The number of hydrogen-bond acceptors (Lipinski definition) is 4. The van der Waals surface area contributed by atoms with Gasteiger partial charge in [-0.1, -0.05) is 17.7 Å². The number of halogens is 1. The summed E-state index contributed by atoms with van der Waals surface area (Å²) in [4.78, 5) is 3.96. The first-order valence-electron chi connectivity index (χ1n) is 6.18. The van der Waals surface area contributed by atoms with E-state index in [2.05, 4.69) is 10.3 Å². The summed E-state index contributed by atoms with van der Waals surface area (Å²) >= 11 is 6.28. The summed E-state index contributed by atoms with van der Waals surface area (Å²) in [5.74, 6) is 0.317. The highest BCUT2D eigenvalue weighted by Gasteiger charge is 2.08. The van der Waals surface area contributed by atoms with Crippen LogP contribution in [0.3, 0.4) is 0 Å². The van der Waals surface area contributed by atoms with Gasteiger partial charge in [0.25, 0.3) is 0 Å². The lowest BCUT2D eigenvalue weighted by atomic mass is 10.2. The maximum absolute atomic E-state index is 8.98. The monoisotopic (exact) mass is 290 g/mol. The van der Waals surface area contributed by atoms with Crippen LogP contribution in [-0.2, 0) is 11.3 Å². The molecule has 6 heteroatoms. The lowest BCUT2D eigenvalue weighted by Crippen LogP contribution is -2.18. The third-order valence-corrected chi connectivity index (χ3v) is 3.13. The van der Waals surface area contributed by atoms with Crippen LogP contribution in [-0.4, -0.2) is 29.8 Å². The molecule has 0 spiro atoms. The smallest absolute Gasteiger partial charge is 0.217 e. The van der Waals surface area contributed by atoms with Crippen molar-refractivity contribution in [1.29, 1.82) is 5.26 Å². The van der Waals surface area contributed by atoms with Crippen molar-refractivity contribution < 1.29 is 4.74 Å². The summed E-state index contributed by atoms with van der Waals surface area (Å²) in [6.07, 6.45) is 3.30. The summed E-state index contributed by atoms with van der Waals surface area (Å²) < 4.78 is 6.64. The zero-order valence-electron chi connectivity index (χ0n) is 11.1. The van der Waals surface area contributed by atoms with Gasteiger partial charge in [0, 0.05) is 32.6 Å². The molecule has 1 heterocycles. The third kappa shape index (κ3) is 3.36. The first kappa shape index (κ1) is 14.5. The van der Waals surface area contributed by atoms with Crippen LogP contribution in [0.25, 0.3) is 5.69 Å². The molecule has 0 atom stereocenters. The molecule has 0 fully saturated rings. The highest BCUT2D eigenvalue weighted by atomic mass is 35.5. The Balaban J connectivity index is 2.12. The summed E-state index contributed by atoms with van der Waals surface area (Å²) in [6, 6.07) is 7.78. The molecule has 0 amide bonds. The van der Waals surface area contributed by atoms with Gasteiger partial charge in [0.2, 0.25) is 5.82 Å². The average Bonchev–Trinajstić information content (AvgIpc) is 2.92. The van der Waals surface area contributed by atoms with E-state index in [1.165, 1.54) is 0 Å². The van der Waals surface area contributed by atoms with Crippen molar-refractivity contribution >= 4 is 11.6 Å². The number of ether oxygens (including phenoxy) is 1. The van der Waals surface area contributed by atoms with E-state index >= 15 is 0 Å². The highest BCUT2D eigenvalue weighted by Crippen LogP contribution is 2.22. The van der Waals surface area contributed by atoms with Gasteiger partial charge in [0.15, 0.2) is 0 Å². The summed E-state index contributed by atoms with van der Waals surface area (Å²) in [7, 11) is 1.67. The minimum atomic E-state index is 0.317. The van der Waals surface area contributed by atoms with Gasteiger partial charge in [-0.25, -0.2) is 4.98 Å². The Morgan fingerprint density at radius 3 is 3.05 bits per heavy atom. The van der Waals surface area contributed by atoms with Gasteiger partial charge in [0.1, 0.15) is 6.07 Å². The standard InChI is InChI=1S/C14H15ClN4O/c1-20-7-5-17-10-11-2-3-13(12(15)8-11)19-6-4-18-14(19)9-16/h2-4,6,8,17H,5,7,10H2,1H3. The number of imidazole rings is 1. The molecule has 0 saturated heterocycles. The van der Waals surface area contributed by atoms with Crippen molar-refractivity contribution in [2.24, 2.45) is 0 Å². The molecule has 0 bridgehead atoms. The van der Waals surface area contributed by atoms with Gasteiger partial charge in [-0.15, -0.1) is 0 Å². The summed E-state index contributed by atoms with van der Waals surface area (Å²) in [5, 5.41) is 12.8. The second-order valence-electron chi connectivity index (χ2n) is 4.19. The predicted molar refractivity (Wildman–Crippen MR) is 76.9 cm³/mol. The Morgan fingerprint density at radius 1 is 1.50 bits per heavy atom. The van der Waals surface area contributed by atoms with Gasteiger partial charge >= 0.3 is 0 Å². The van der Waals surface area contributed by atoms with Gasteiger partial charge in [0.05, 0.1) is 17.3 Å². The van der Waals surface area contributed by atoms with Crippen molar-refractivity contribution in [2.45, 2.75) is 6.54 Å². The number of nitrogens with zero attached hydrogens (tertiary/aromatic N) is 3. The molecule has 0 saturated carbocycles. The average molecular weight is 291 g/mol. The lowest BCUT2D eigenvalue weighted by molar-refractivity contribution is 0.199. The first-order chi connectivity index (χ1) is 9.76. The maximum Gasteiger partial charge on any atom is 0.217 e. The zero-order chi connectivity index (χ0) is 14.4. The van der Waals surface area contributed by atoms with E-state index in [9.17, 15) is 0 Å². The topological polar surface area (TPSA) is 62.9 Å². The Hall–Kier alpha value is -1.87. The fraction of sp³-hybridized carbons (Fsp3) is 0.286. The van der Waals surface area contributed by atoms with E-state index in [1.54, 1.807) is 24.1 Å². The van der Waals surface area contributed by atoms with Crippen LogP contribution < -0.4 is 5.32 Å². The van der Waals surface area contributed by atoms with Crippen LogP contribution in [0.4, 0.5) is 0 Å². The van der Waals surface area contributed by atoms with Gasteiger partial charge in [-0.2, -0.15) is 5.26 Å². The van der Waals surface area contributed by atoms with Crippen LogP contribution in [0.15, 0.2) is 30.6 Å². The Morgan fingerprint density at radius 2 is 2.35 bits per heavy atom. The van der Waals surface area contributed by atoms with Crippen molar-refractivity contribution in [3.8, 4) is 11.8 Å². The van der Waals surface area contributed by atoms with Crippen LogP contribution >= 0.6 is 11.6 Å². The largest absolute Gasteiger partial charge is 0.383 e. The van der Waals surface area contributed by atoms with Crippen molar-refractivity contribution in [2.75, 3.05) is 20.3 Å². The predicted octanol–water partition coefficient (Wildman–Crippen LogP) is 2.13. The van der Waals surface area contributed by atoms with E-state index in [4.69, 9.17) is 21.6 Å². The normalized spacial score (nSPS) is 10.4. The Bertz CT molecular complexity index is 618. The van der Waals surface area contributed by atoms with Crippen LogP contribution in [0.2, 0.25) is 5.02 Å². The molecule has 0 aliphatic rings. The minimum Gasteiger partial charge on any atom is -0.383 e. The molecule has 1 aromatic heterocycles. The van der Waals surface area contributed by atoms with Crippen LogP contribution in [0.5, 0.6) is 0 Å². The van der Waals surface area contributed by atoms with Gasteiger partial charge in [-0.05, 0) is 17.7 Å². The fourth-order valence-electron chi connectivity index (χ4n) is 1.84. The molecule has 0 aliphatic carbocycles. The van der Waals surface area contributed by atoms with E-state index in [0.29, 0.717) is 17.5 Å². The maximum atomic E-state index is 8.98. The molecule has 1 aromatic carbocycles. The number of nitrogens with one attached hydrogen (secondary N) is 1. The highest BCUT2D eigenvalue weighted by molar-refractivity contribution is 6.32. The quantitative estimate of drug-likeness (QED) is 0.828. The Kier molecular flexibility index (Phi) is 5.13. The number of rotatable bonds is 6.